The molecule has 3 heterocycles. The molecule has 1 aliphatic carbocycles. The fraction of sp³-hybridized carbons (Fsp3) is 0.407. The normalized spacial score (nSPS) is 22.4. The Balaban J connectivity index is 1.38. The molecule has 170 valence electrons. The molecule has 6 rings (SSSR count). The lowest BCUT2D eigenvalue weighted by Gasteiger charge is -2.44. The number of carbonyl (C=O) groups is 1. The minimum absolute atomic E-state index is 0.0488. The van der Waals surface area contributed by atoms with E-state index in [0.717, 1.165) is 59.0 Å². The monoisotopic (exact) mass is 444 g/mol. The first-order chi connectivity index (χ1) is 16.1. The Labute approximate surface area is 192 Å². The van der Waals surface area contributed by atoms with E-state index in [0.29, 0.717) is 19.6 Å². The number of ether oxygens (including phenoxy) is 2. The van der Waals surface area contributed by atoms with Crippen LogP contribution < -0.4 is 10.1 Å². The Morgan fingerprint density at radius 3 is 2.64 bits per heavy atom. The summed E-state index contributed by atoms with van der Waals surface area (Å²) in [5.41, 5.74) is 3.21. The molecule has 0 bridgehead atoms. The van der Waals surface area contributed by atoms with E-state index in [1.54, 1.807) is 6.20 Å². The number of fused-ring (bicyclic) bond motifs is 2. The molecule has 0 radical (unpaired) electrons. The molecule has 1 atom stereocenters. The number of pyridine rings is 1. The first kappa shape index (κ1) is 20.6. The standard InChI is InChI=1S/C27H28N2O4/c30-17-26(7-8-26)25(31)29-23-16-27(9-12-32-13-10-27)33-24-6-4-19(15-21(23)24)18-3-5-22-20(14-18)2-1-11-28-22/h1-6,11,14-15,23,30H,7-10,12-13,16-17H2,(H,29,31). The van der Waals surface area contributed by atoms with Gasteiger partial charge in [-0.2, -0.15) is 0 Å². The number of hydrogen-bond donors (Lipinski definition) is 2. The molecule has 3 aliphatic rings. The van der Waals surface area contributed by atoms with Gasteiger partial charge in [0, 0.05) is 36.4 Å². The van der Waals surface area contributed by atoms with Gasteiger partial charge in [-0.25, -0.2) is 0 Å². The van der Waals surface area contributed by atoms with Gasteiger partial charge in [0.2, 0.25) is 5.91 Å². The molecule has 1 aromatic heterocycles. The molecule has 1 saturated heterocycles. The molecule has 2 N–H and O–H groups in total. The molecule has 2 aliphatic heterocycles. The Morgan fingerprint density at radius 2 is 1.85 bits per heavy atom. The predicted molar refractivity (Wildman–Crippen MR) is 125 cm³/mol. The summed E-state index contributed by atoms with van der Waals surface area (Å²) in [4.78, 5) is 17.5. The fourth-order valence-electron chi connectivity index (χ4n) is 5.20. The molecular formula is C27H28N2O4. The third-order valence-electron chi connectivity index (χ3n) is 7.57. The van der Waals surface area contributed by atoms with Crippen molar-refractivity contribution < 1.29 is 19.4 Å². The smallest absolute Gasteiger partial charge is 0.229 e. The molecule has 2 fully saturated rings. The number of aliphatic hydroxyl groups excluding tert-OH is 1. The first-order valence-electron chi connectivity index (χ1n) is 11.8. The second-order valence-electron chi connectivity index (χ2n) is 9.73. The molecule has 1 unspecified atom stereocenters. The van der Waals surface area contributed by atoms with Gasteiger partial charge in [0.05, 0.1) is 36.8 Å². The van der Waals surface area contributed by atoms with E-state index >= 15 is 0 Å². The number of amides is 1. The summed E-state index contributed by atoms with van der Waals surface area (Å²) in [6, 6.07) is 16.4. The number of aliphatic hydroxyl groups is 1. The molecule has 1 amide bonds. The van der Waals surface area contributed by atoms with E-state index in [1.807, 2.05) is 18.2 Å². The highest BCUT2D eigenvalue weighted by Gasteiger charge is 2.51. The van der Waals surface area contributed by atoms with Crippen LogP contribution >= 0.6 is 0 Å². The van der Waals surface area contributed by atoms with Crippen LogP contribution in [0.2, 0.25) is 0 Å². The zero-order valence-electron chi connectivity index (χ0n) is 18.5. The molecule has 6 heteroatoms. The van der Waals surface area contributed by atoms with Gasteiger partial charge in [-0.05, 0) is 54.3 Å². The number of nitrogens with zero attached hydrogens (tertiary/aromatic N) is 1. The minimum Gasteiger partial charge on any atom is -0.487 e. The van der Waals surface area contributed by atoms with Gasteiger partial charge in [0.15, 0.2) is 0 Å². The number of aromatic nitrogens is 1. The van der Waals surface area contributed by atoms with Crippen molar-refractivity contribution in [3.63, 3.8) is 0 Å². The van der Waals surface area contributed by atoms with E-state index < -0.39 is 5.41 Å². The van der Waals surface area contributed by atoms with Crippen molar-refractivity contribution in [3.8, 4) is 16.9 Å². The van der Waals surface area contributed by atoms with Crippen molar-refractivity contribution in [1.29, 1.82) is 0 Å². The molecule has 33 heavy (non-hydrogen) atoms. The van der Waals surface area contributed by atoms with Crippen LogP contribution in [0.25, 0.3) is 22.0 Å². The van der Waals surface area contributed by atoms with Crippen molar-refractivity contribution in [2.45, 2.75) is 43.7 Å². The fourth-order valence-corrected chi connectivity index (χ4v) is 5.20. The van der Waals surface area contributed by atoms with E-state index in [-0.39, 0.29) is 24.2 Å². The lowest BCUT2D eigenvalue weighted by molar-refractivity contribution is -0.129. The molecular weight excluding hydrogens is 416 g/mol. The third kappa shape index (κ3) is 3.67. The maximum absolute atomic E-state index is 13.1. The minimum atomic E-state index is -0.607. The summed E-state index contributed by atoms with van der Waals surface area (Å²) in [6.07, 6.45) is 5.62. The van der Waals surface area contributed by atoms with Gasteiger partial charge in [0.25, 0.3) is 0 Å². The summed E-state index contributed by atoms with van der Waals surface area (Å²) in [7, 11) is 0. The highest BCUT2D eigenvalue weighted by molar-refractivity contribution is 5.86. The van der Waals surface area contributed by atoms with Crippen LogP contribution in [0, 0.1) is 5.41 Å². The Bertz CT molecular complexity index is 1210. The first-order valence-corrected chi connectivity index (χ1v) is 11.8. The largest absolute Gasteiger partial charge is 0.487 e. The summed E-state index contributed by atoms with van der Waals surface area (Å²) in [5, 5.41) is 14.1. The lowest BCUT2D eigenvalue weighted by Crippen LogP contribution is -2.49. The summed E-state index contributed by atoms with van der Waals surface area (Å²) in [5.74, 6) is 0.778. The topological polar surface area (TPSA) is 80.7 Å². The Kier molecular flexibility index (Phi) is 4.89. The second-order valence-corrected chi connectivity index (χ2v) is 9.73. The number of hydrogen-bond acceptors (Lipinski definition) is 5. The average Bonchev–Trinajstić information content (AvgIpc) is 3.66. The quantitative estimate of drug-likeness (QED) is 0.632. The van der Waals surface area contributed by atoms with E-state index in [1.165, 1.54) is 0 Å². The molecule has 2 aromatic carbocycles. The van der Waals surface area contributed by atoms with E-state index in [9.17, 15) is 9.90 Å². The third-order valence-corrected chi connectivity index (χ3v) is 7.57. The van der Waals surface area contributed by atoms with Gasteiger partial charge in [-0.15, -0.1) is 0 Å². The van der Waals surface area contributed by atoms with Crippen molar-refractivity contribution in [3.05, 3.63) is 60.3 Å². The Hall–Kier alpha value is -2.96. The van der Waals surface area contributed by atoms with Crippen LogP contribution in [0.4, 0.5) is 0 Å². The highest BCUT2D eigenvalue weighted by atomic mass is 16.5. The summed E-state index contributed by atoms with van der Waals surface area (Å²) >= 11 is 0. The number of benzene rings is 2. The molecule has 1 saturated carbocycles. The summed E-state index contributed by atoms with van der Waals surface area (Å²) < 4.78 is 12.2. The van der Waals surface area contributed by atoms with Crippen molar-refractivity contribution in [2.24, 2.45) is 5.41 Å². The second kappa shape index (κ2) is 7.82. The summed E-state index contributed by atoms with van der Waals surface area (Å²) in [6.45, 7) is 1.23. The van der Waals surface area contributed by atoms with Crippen molar-refractivity contribution in [2.75, 3.05) is 19.8 Å². The number of nitrogens with one attached hydrogen (secondary N) is 1. The van der Waals surface area contributed by atoms with Crippen LogP contribution in [0.1, 0.15) is 43.7 Å². The molecule has 3 aromatic rings. The van der Waals surface area contributed by atoms with Crippen LogP contribution in [-0.4, -0.2) is 41.4 Å². The molecule has 1 spiro atoms. The van der Waals surface area contributed by atoms with Gasteiger partial charge >= 0.3 is 0 Å². The van der Waals surface area contributed by atoms with E-state index in [4.69, 9.17) is 9.47 Å². The van der Waals surface area contributed by atoms with Crippen molar-refractivity contribution in [1.82, 2.24) is 10.3 Å². The molecule has 6 nitrogen and oxygen atoms in total. The zero-order valence-corrected chi connectivity index (χ0v) is 18.5. The number of carbonyl (C=O) groups excluding carboxylic acids is 1. The predicted octanol–water partition coefficient (Wildman–Crippen LogP) is 4.16. The van der Waals surface area contributed by atoms with Crippen LogP contribution in [-0.2, 0) is 9.53 Å². The maximum atomic E-state index is 13.1. The van der Waals surface area contributed by atoms with Crippen LogP contribution in [0.3, 0.4) is 0 Å². The maximum Gasteiger partial charge on any atom is 0.229 e. The van der Waals surface area contributed by atoms with Gasteiger partial charge in [-0.3, -0.25) is 9.78 Å². The zero-order chi connectivity index (χ0) is 22.5. The van der Waals surface area contributed by atoms with Crippen LogP contribution in [0.5, 0.6) is 5.75 Å². The Morgan fingerprint density at radius 1 is 1.06 bits per heavy atom. The van der Waals surface area contributed by atoms with Crippen LogP contribution in [0.15, 0.2) is 54.7 Å². The highest BCUT2D eigenvalue weighted by Crippen LogP contribution is 2.48. The SMILES string of the molecule is O=C(NC1CC2(CCOCC2)Oc2ccc(-c3ccc4ncccc4c3)cc21)C1(CO)CC1. The van der Waals surface area contributed by atoms with Gasteiger partial charge in [0.1, 0.15) is 11.4 Å². The van der Waals surface area contributed by atoms with Gasteiger partial charge in [-0.1, -0.05) is 18.2 Å². The van der Waals surface area contributed by atoms with Crippen molar-refractivity contribution >= 4 is 16.8 Å². The van der Waals surface area contributed by atoms with Gasteiger partial charge < -0.3 is 19.9 Å². The number of rotatable bonds is 4. The average molecular weight is 445 g/mol. The van der Waals surface area contributed by atoms with E-state index in [2.05, 4.69) is 40.6 Å². The lowest BCUT2D eigenvalue weighted by atomic mass is 9.81.